The molecule has 0 unspecified atom stereocenters. The van der Waals surface area contributed by atoms with Crippen LogP contribution in [0.25, 0.3) is 6.08 Å². The number of amides is 1. The van der Waals surface area contributed by atoms with E-state index in [4.69, 9.17) is 11.5 Å². The second kappa shape index (κ2) is 4.39. The number of nitrogens with two attached hydrogens (primary N) is 2. The quantitative estimate of drug-likeness (QED) is 0.434. The molecule has 0 aromatic carbocycles. The van der Waals surface area contributed by atoms with Gasteiger partial charge in [0.25, 0.3) is 0 Å². The van der Waals surface area contributed by atoms with E-state index >= 15 is 0 Å². The molecular weight excluding hydrogens is 212 g/mol. The van der Waals surface area contributed by atoms with Crippen molar-refractivity contribution in [1.82, 2.24) is 4.98 Å². The molecular formula is C9H10N4O3. The lowest BCUT2D eigenvalue weighted by Crippen LogP contribution is -2.06. The fourth-order valence-corrected chi connectivity index (χ4v) is 1.20. The average Bonchev–Trinajstić information content (AvgIpc) is 2.15. The van der Waals surface area contributed by atoms with Gasteiger partial charge in [-0.2, -0.15) is 0 Å². The highest BCUT2D eigenvalue weighted by Crippen LogP contribution is 2.26. The van der Waals surface area contributed by atoms with Crippen molar-refractivity contribution in [3.05, 3.63) is 33.5 Å². The molecule has 0 atom stereocenters. The third kappa shape index (κ3) is 2.32. The molecule has 84 valence electrons. The largest absolute Gasteiger partial charge is 0.378 e. The lowest BCUT2D eigenvalue weighted by Gasteiger charge is -2.03. The summed E-state index contributed by atoms with van der Waals surface area (Å²) in [6.45, 7) is 1.52. The molecule has 0 saturated carbocycles. The Bertz CT molecular complexity index is 482. The topological polar surface area (TPSA) is 125 Å². The number of aromatic nitrogens is 1. The van der Waals surface area contributed by atoms with Crippen LogP contribution in [0.2, 0.25) is 0 Å². The maximum Gasteiger partial charge on any atom is 0.314 e. The molecule has 0 aliphatic rings. The van der Waals surface area contributed by atoms with Crippen molar-refractivity contribution in [1.29, 1.82) is 0 Å². The van der Waals surface area contributed by atoms with Crippen LogP contribution < -0.4 is 11.5 Å². The van der Waals surface area contributed by atoms with Crippen molar-refractivity contribution >= 4 is 23.5 Å². The summed E-state index contributed by atoms with van der Waals surface area (Å²) in [6, 6.07) is 0. The summed E-state index contributed by atoms with van der Waals surface area (Å²) < 4.78 is 0. The first-order valence-electron chi connectivity index (χ1n) is 4.30. The number of nitrogen functional groups attached to an aromatic ring is 1. The number of hydrogen-bond acceptors (Lipinski definition) is 5. The van der Waals surface area contributed by atoms with Gasteiger partial charge in [-0.1, -0.05) is 0 Å². The molecule has 7 heteroatoms. The monoisotopic (exact) mass is 222 g/mol. The molecule has 16 heavy (non-hydrogen) atoms. The lowest BCUT2D eigenvalue weighted by atomic mass is 10.1. The normalized spacial score (nSPS) is 10.6. The molecule has 0 fully saturated rings. The highest BCUT2D eigenvalue weighted by atomic mass is 16.6. The summed E-state index contributed by atoms with van der Waals surface area (Å²) in [5, 5.41) is 10.7. The van der Waals surface area contributed by atoms with E-state index in [1.807, 2.05) is 0 Å². The zero-order valence-corrected chi connectivity index (χ0v) is 8.51. The number of pyridine rings is 1. The van der Waals surface area contributed by atoms with Crippen LogP contribution in [0.15, 0.2) is 12.3 Å². The molecule has 0 radical (unpaired) electrons. The first-order chi connectivity index (χ1) is 7.43. The highest BCUT2D eigenvalue weighted by Gasteiger charge is 2.18. The molecule has 0 saturated heterocycles. The fourth-order valence-electron chi connectivity index (χ4n) is 1.20. The Morgan fingerprint density at radius 1 is 1.62 bits per heavy atom. The second-order valence-electron chi connectivity index (χ2n) is 3.07. The molecule has 1 amide bonds. The van der Waals surface area contributed by atoms with Gasteiger partial charge in [0.1, 0.15) is 0 Å². The summed E-state index contributed by atoms with van der Waals surface area (Å²) in [5.41, 5.74) is 10.8. The van der Waals surface area contributed by atoms with E-state index in [1.165, 1.54) is 19.2 Å². The summed E-state index contributed by atoms with van der Waals surface area (Å²) in [7, 11) is 0. The number of hydrogen-bond donors (Lipinski definition) is 2. The molecule has 7 nitrogen and oxygen atoms in total. The maximum absolute atomic E-state index is 10.7. The van der Waals surface area contributed by atoms with Crippen molar-refractivity contribution < 1.29 is 9.72 Å². The smallest absolute Gasteiger partial charge is 0.314 e. The highest BCUT2D eigenvalue weighted by molar-refractivity contribution is 5.90. The minimum Gasteiger partial charge on any atom is -0.378 e. The molecule has 0 spiro atoms. The summed E-state index contributed by atoms with van der Waals surface area (Å²) in [4.78, 5) is 24.3. The van der Waals surface area contributed by atoms with Crippen molar-refractivity contribution in [3.8, 4) is 0 Å². The summed E-state index contributed by atoms with van der Waals surface area (Å²) in [6.07, 6.45) is 3.80. The summed E-state index contributed by atoms with van der Waals surface area (Å²) >= 11 is 0. The van der Waals surface area contributed by atoms with Crippen LogP contribution in [0.3, 0.4) is 0 Å². The Labute approximate surface area is 90.9 Å². The van der Waals surface area contributed by atoms with Crippen molar-refractivity contribution in [2.45, 2.75) is 6.92 Å². The second-order valence-corrected chi connectivity index (χ2v) is 3.07. The molecule has 1 heterocycles. The minimum atomic E-state index is -0.640. The van der Waals surface area contributed by atoms with Gasteiger partial charge in [0.05, 0.1) is 4.92 Å². The van der Waals surface area contributed by atoms with Crippen LogP contribution >= 0.6 is 0 Å². The van der Waals surface area contributed by atoms with Gasteiger partial charge in [0.2, 0.25) is 11.7 Å². The van der Waals surface area contributed by atoms with E-state index in [1.54, 1.807) is 0 Å². The lowest BCUT2D eigenvalue weighted by molar-refractivity contribution is -0.384. The number of primary amides is 1. The van der Waals surface area contributed by atoms with Gasteiger partial charge >= 0.3 is 5.69 Å². The van der Waals surface area contributed by atoms with E-state index < -0.39 is 10.8 Å². The zero-order valence-electron chi connectivity index (χ0n) is 8.51. The van der Waals surface area contributed by atoms with Gasteiger partial charge < -0.3 is 11.5 Å². The maximum atomic E-state index is 10.7. The molecule has 1 aromatic heterocycles. The SMILES string of the molecule is Cc1c(C=CC(N)=O)cnc(N)c1[N+](=O)[O-]. The number of carbonyl (C=O) groups is 1. The molecule has 1 aromatic rings. The molecule has 0 aliphatic heterocycles. The molecule has 0 bridgehead atoms. The van der Waals surface area contributed by atoms with Gasteiger partial charge in [-0.05, 0) is 13.0 Å². The Balaban J connectivity index is 3.29. The van der Waals surface area contributed by atoms with Crippen LogP contribution in [-0.2, 0) is 4.79 Å². The van der Waals surface area contributed by atoms with Crippen LogP contribution in [0, 0.1) is 17.0 Å². The van der Waals surface area contributed by atoms with Crippen LogP contribution in [0.5, 0.6) is 0 Å². The zero-order chi connectivity index (χ0) is 12.3. The van der Waals surface area contributed by atoms with Gasteiger partial charge in [-0.25, -0.2) is 4.98 Å². The van der Waals surface area contributed by atoms with E-state index in [2.05, 4.69) is 4.98 Å². The minimum absolute atomic E-state index is 0.154. The third-order valence-electron chi connectivity index (χ3n) is 1.98. The number of anilines is 1. The predicted octanol–water partition coefficient (Wildman–Crippen LogP) is 0.379. The number of carbonyl (C=O) groups excluding carboxylic acids is 1. The van der Waals surface area contributed by atoms with Gasteiger partial charge in [0, 0.05) is 23.4 Å². The summed E-state index contributed by atoms with van der Waals surface area (Å²) in [5.74, 6) is -0.794. The Morgan fingerprint density at radius 2 is 2.25 bits per heavy atom. The Morgan fingerprint density at radius 3 is 2.75 bits per heavy atom. The predicted molar refractivity (Wildman–Crippen MR) is 58.3 cm³/mol. The van der Waals surface area contributed by atoms with E-state index in [9.17, 15) is 14.9 Å². The first kappa shape index (κ1) is 11.6. The van der Waals surface area contributed by atoms with Gasteiger partial charge in [-0.15, -0.1) is 0 Å². The molecule has 4 N–H and O–H groups in total. The standard InChI is InChI=1S/C9H10N4O3/c1-5-6(2-3-7(10)14)4-12-9(11)8(5)13(15)16/h2-4H,1H3,(H2,10,14)(H2,11,12). The van der Waals surface area contributed by atoms with Crippen LogP contribution in [-0.4, -0.2) is 15.8 Å². The average molecular weight is 222 g/mol. The number of nitro groups is 1. The van der Waals surface area contributed by atoms with Gasteiger partial charge in [-0.3, -0.25) is 14.9 Å². The Hall–Kier alpha value is -2.44. The van der Waals surface area contributed by atoms with Crippen molar-refractivity contribution in [2.75, 3.05) is 5.73 Å². The number of rotatable bonds is 3. The van der Waals surface area contributed by atoms with Crippen LogP contribution in [0.4, 0.5) is 11.5 Å². The van der Waals surface area contributed by atoms with Gasteiger partial charge in [0.15, 0.2) is 0 Å². The fraction of sp³-hybridized carbons (Fsp3) is 0.111. The van der Waals surface area contributed by atoms with Crippen molar-refractivity contribution in [3.63, 3.8) is 0 Å². The number of nitrogens with zero attached hydrogens (tertiary/aromatic N) is 2. The molecule has 1 rings (SSSR count). The van der Waals surface area contributed by atoms with E-state index in [0.29, 0.717) is 11.1 Å². The Kier molecular flexibility index (Phi) is 3.19. The van der Waals surface area contributed by atoms with Crippen molar-refractivity contribution in [2.24, 2.45) is 5.73 Å². The third-order valence-corrected chi connectivity index (χ3v) is 1.98. The van der Waals surface area contributed by atoms with Crippen LogP contribution in [0.1, 0.15) is 11.1 Å². The first-order valence-corrected chi connectivity index (χ1v) is 4.30. The van der Waals surface area contributed by atoms with E-state index in [-0.39, 0.29) is 11.5 Å². The molecule has 0 aliphatic carbocycles. The van der Waals surface area contributed by atoms with E-state index in [0.717, 1.165) is 6.08 Å².